The van der Waals surface area contributed by atoms with Gasteiger partial charge in [-0.05, 0) is 29.0 Å². The Bertz CT molecular complexity index is 621. The van der Waals surface area contributed by atoms with Crippen molar-refractivity contribution in [1.29, 1.82) is 0 Å². The van der Waals surface area contributed by atoms with Crippen LogP contribution in [0.5, 0.6) is 0 Å². The van der Waals surface area contributed by atoms with Gasteiger partial charge in [-0.3, -0.25) is 4.79 Å². The van der Waals surface area contributed by atoms with Crippen molar-refractivity contribution in [1.82, 2.24) is 5.32 Å². The second-order valence-electron chi connectivity index (χ2n) is 5.90. The summed E-state index contributed by atoms with van der Waals surface area (Å²) in [6.07, 6.45) is 3.05. The van der Waals surface area contributed by atoms with E-state index < -0.39 is 0 Å². The van der Waals surface area contributed by atoms with Gasteiger partial charge in [-0.25, -0.2) is 0 Å². The predicted octanol–water partition coefficient (Wildman–Crippen LogP) is 4.79. The number of thiophene rings is 2. The van der Waals surface area contributed by atoms with Gasteiger partial charge < -0.3 is 10.1 Å². The molecule has 2 aromatic heterocycles. The summed E-state index contributed by atoms with van der Waals surface area (Å²) in [5, 5.41) is 5.37. The SMILES string of the molecule is CCC(CC)C(NC(=O)c1cc2c(s1)CCOC2)c1cccs1. The summed E-state index contributed by atoms with van der Waals surface area (Å²) < 4.78 is 5.48. The van der Waals surface area contributed by atoms with Crippen LogP contribution in [0.25, 0.3) is 0 Å². The van der Waals surface area contributed by atoms with Crippen LogP contribution >= 0.6 is 22.7 Å². The third-order valence-electron chi connectivity index (χ3n) is 4.51. The van der Waals surface area contributed by atoms with Gasteiger partial charge in [0.25, 0.3) is 5.91 Å². The number of rotatable bonds is 6. The molecule has 1 aliphatic rings. The minimum Gasteiger partial charge on any atom is -0.376 e. The van der Waals surface area contributed by atoms with Crippen LogP contribution in [0.2, 0.25) is 0 Å². The summed E-state index contributed by atoms with van der Waals surface area (Å²) >= 11 is 3.34. The first kappa shape index (κ1) is 16.7. The quantitative estimate of drug-likeness (QED) is 0.814. The molecule has 0 aromatic carbocycles. The lowest BCUT2D eigenvalue weighted by Crippen LogP contribution is -2.32. The molecule has 23 heavy (non-hydrogen) atoms. The molecule has 3 heterocycles. The number of fused-ring (bicyclic) bond motifs is 1. The number of carbonyl (C=O) groups is 1. The van der Waals surface area contributed by atoms with Crippen LogP contribution in [-0.2, 0) is 17.8 Å². The second-order valence-corrected chi connectivity index (χ2v) is 8.02. The zero-order valence-corrected chi connectivity index (χ0v) is 15.3. The Balaban J connectivity index is 1.79. The van der Waals surface area contributed by atoms with Gasteiger partial charge in [-0.2, -0.15) is 0 Å². The lowest BCUT2D eigenvalue weighted by Gasteiger charge is -2.25. The van der Waals surface area contributed by atoms with Crippen molar-refractivity contribution < 1.29 is 9.53 Å². The lowest BCUT2D eigenvalue weighted by atomic mass is 9.93. The van der Waals surface area contributed by atoms with E-state index in [1.807, 2.05) is 6.07 Å². The van der Waals surface area contributed by atoms with Gasteiger partial charge in [0.2, 0.25) is 0 Å². The van der Waals surface area contributed by atoms with Crippen LogP contribution in [0.15, 0.2) is 23.6 Å². The van der Waals surface area contributed by atoms with Gasteiger partial charge in [0.15, 0.2) is 0 Å². The van der Waals surface area contributed by atoms with Crippen molar-refractivity contribution in [2.75, 3.05) is 6.61 Å². The maximum atomic E-state index is 12.8. The molecule has 1 amide bonds. The average molecular weight is 350 g/mol. The Morgan fingerprint density at radius 1 is 1.39 bits per heavy atom. The Morgan fingerprint density at radius 3 is 2.87 bits per heavy atom. The Hall–Kier alpha value is -1.17. The molecular formula is C18H23NO2S2. The van der Waals surface area contributed by atoms with Gasteiger partial charge in [-0.15, -0.1) is 22.7 Å². The van der Waals surface area contributed by atoms with Crippen LogP contribution in [-0.4, -0.2) is 12.5 Å². The molecule has 0 aliphatic carbocycles. The monoisotopic (exact) mass is 349 g/mol. The fraction of sp³-hybridized carbons (Fsp3) is 0.500. The predicted molar refractivity (Wildman–Crippen MR) is 96.3 cm³/mol. The van der Waals surface area contributed by atoms with E-state index in [1.165, 1.54) is 15.3 Å². The number of carbonyl (C=O) groups excluding carboxylic acids is 1. The highest BCUT2D eigenvalue weighted by Crippen LogP contribution is 2.32. The highest BCUT2D eigenvalue weighted by atomic mass is 32.1. The van der Waals surface area contributed by atoms with E-state index in [4.69, 9.17) is 4.74 Å². The van der Waals surface area contributed by atoms with Crippen molar-refractivity contribution in [2.45, 2.75) is 45.8 Å². The lowest BCUT2D eigenvalue weighted by molar-refractivity contribution is 0.0924. The van der Waals surface area contributed by atoms with Gasteiger partial charge in [0, 0.05) is 16.2 Å². The van der Waals surface area contributed by atoms with Gasteiger partial charge in [0.05, 0.1) is 24.1 Å². The second kappa shape index (κ2) is 7.60. The minimum absolute atomic E-state index is 0.0506. The van der Waals surface area contributed by atoms with Crippen LogP contribution in [0.3, 0.4) is 0 Å². The summed E-state index contributed by atoms with van der Waals surface area (Å²) in [4.78, 5) is 16.1. The van der Waals surface area contributed by atoms with Crippen LogP contribution < -0.4 is 5.32 Å². The molecule has 0 saturated carbocycles. The van der Waals surface area contributed by atoms with Crippen LogP contribution in [0, 0.1) is 5.92 Å². The van der Waals surface area contributed by atoms with Gasteiger partial charge in [-0.1, -0.05) is 32.8 Å². The van der Waals surface area contributed by atoms with Gasteiger partial charge >= 0.3 is 0 Å². The van der Waals surface area contributed by atoms with Crippen molar-refractivity contribution in [2.24, 2.45) is 5.92 Å². The molecule has 0 bridgehead atoms. The first-order chi connectivity index (χ1) is 11.2. The van der Waals surface area contributed by atoms with E-state index in [1.54, 1.807) is 22.7 Å². The largest absolute Gasteiger partial charge is 0.376 e. The Labute approximate surface area is 145 Å². The summed E-state index contributed by atoms with van der Waals surface area (Å²) in [5.41, 5.74) is 1.18. The minimum atomic E-state index is 0.0506. The fourth-order valence-electron chi connectivity index (χ4n) is 3.12. The zero-order chi connectivity index (χ0) is 16.2. The number of ether oxygens (including phenoxy) is 1. The highest BCUT2D eigenvalue weighted by Gasteiger charge is 2.25. The molecule has 0 fully saturated rings. The Morgan fingerprint density at radius 2 is 2.22 bits per heavy atom. The fourth-order valence-corrected chi connectivity index (χ4v) is 5.04. The molecule has 0 spiro atoms. The molecule has 1 unspecified atom stereocenters. The molecule has 1 N–H and O–H groups in total. The summed E-state index contributed by atoms with van der Waals surface area (Å²) in [6, 6.07) is 6.30. The molecule has 124 valence electrons. The van der Waals surface area contributed by atoms with E-state index in [0.717, 1.165) is 30.7 Å². The molecular weight excluding hydrogens is 326 g/mol. The van der Waals surface area contributed by atoms with Crippen LogP contribution in [0.4, 0.5) is 0 Å². The topological polar surface area (TPSA) is 38.3 Å². The van der Waals surface area contributed by atoms with E-state index in [-0.39, 0.29) is 11.9 Å². The molecule has 2 aromatic rings. The van der Waals surface area contributed by atoms with E-state index >= 15 is 0 Å². The highest BCUT2D eigenvalue weighted by molar-refractivity contribution is 7.14. The molecule has 1 atom stereocenters. The standard InChI is InChI=1S/C18H23NO2S2/c1-3-12(4-2)17(15-6-5-9-22-15)19-18(20)16-10-13-11-21-8-7-14(13)23-16/h5-6,9-10,12,17H,3-4,7-8,11H2,1-2H3,(H,19,20). The van der Waals surface area contributed by atoms with E-state index in [2.05, 4.69) is 36.7 Å². The van der Waals surface area contributed by atoms with Crippen molar-refractivity contribution in [3.8, 4) is 0 Å². The maximum Gasteiger partial charge on any atom is 0.261 e. The first-order valence-electron chi connectivity index (χ1n) is 8.26. The first-order valence-corrected chi connectivity index (χ1v) is 9.96. The molecule has 1 aliphatic heterocycles. The summed E-state index contributed by atoms with van der Waals surface area (Å²) in [7, 11) is 0. The Kier molecular flexibility index (Phi) is 5.51. The zero-order valence-electron chi connectivity index (χ0n) is 13.6. The third kappa shape index (κ3) is 3.67. The normalized spacial score (nSPS) is 15.4. The summed E-state index contributed by atoms with van der Waals surface area (Å²) in [5.74, 6) is 0.519. The molecule has 3 nitrogen and oxygen atoms in total. The van der Waals surface area contributed by atoms with Crippen molar-refractivity contribution in [3.63, 3.8) is 0 Å². The molecule has 0 saturated heterocycles. The van der Waals surface area contributed by atoms with Crippen LogP contribution in [0.1, 0.15) is 57.7 Å². The number of amides is 1. The number of hydrogen-bond donors (Lipinski definition) is 1. The molecule has 5 heteroatoms. The van der Waals surface area contributed by atoms with Crippen molar-refractivity contribution >= 4 is 28.6 Å². The molecule has 3 rings (SSSR count). The van der Waals surface area contributed by atoms with E-state index in [9.17, 15) is 4.79 Å². The van der Waals surface area contributed by atoms with E-state index in [0.29, 0.717) is 12.5 Å². The third-order valence-corrected chi connectivity index (χ3v) is 6.70. The number of nitrogens with one attached hydrogen (secondary N) is 1. The molecule has 0 radical (unpaired) electrons. The van der Waals surface area contributed by atoms with Gasteiger partial charge in [0.1, 0.15) is 0 Å². The summed E-state index contributed by atoms with van der Waals surface area (Å²) in [6.45, 7) is 5.80. The smallest absolute Gasteiger partial charge is 0.261 e. The average Bonchev–Trinajstić information content (AvgIpc) is 3.24. The van der Waals surface area contributed by atoms with Crippen molar-refractivity contribution in [3.05, 3.63) is 43.8 Å². The maximum absolute atomic E-state index is 12.8. The number of hydrogen-bond acceptors (Lipinski definition) is 4.